The molecule has 2 nitrogen and oxygen atoms in total. The lowest BCUT2D eigenvalue weighted by Crippen LogP contribution is -2.39. The second-order valence-corrected chi connectivity index (χ2v) is 4.74. The molecule has 0 bridgehead atoms. The lowest BCUT2D eigenvalue weighted by Gasteiger charge is -2.25. The Bertz CT molecular complexity index is 123. The van der Waals surface area contributed by atoms with Crippen LogP contribution >= 0.6 is 0 Å². The molecular formula is C12H28N2. The zero-order valence-corrected chi connectivity index (χ0v) is 10.6. The summed E-state index contributed by atoms with van der Waals surface area (Å²) in [5.41, 5.74) is 0. The summed E-state index contributed by atoms with van der Waals surface area (Å²) in [5, 5.41) is 3.50. The summed E-state index contributed by atoms with van der Waals surface area (Å²) in [5.74, 6) is 0.753. The number of hydrogen-bond acceptors (Lipinski definition) is 2. The Morgan fingerprint density at radius 1 is 1.14 bits per heavy atom. The van der Waals surface area contributed by atoms with Gasteiger partial charge in [-0.25, -0.2) is 0 Å². The maximum absolute atomic E-state index is 3.50. The summed E-state index contributed by atoms with van der Waals surface area (Å²) in [6.45, 7) is 12.5. The van der Waals surface area contributed by atoms with Gasteiger partial charge in [-0.15, -0.1) is 0 Å². The third-order valence-corrected chi connectivity index (χ3v) is 2.61. The van der Waals surface area contributed by atoms with Gasteiger partial charge in [0, 0.05) is 12.6 Å². The highest BCUT2D eigenvalue weighted by molar-refractivity contribution is 4.66. The number of unbranched alkanes of at least 4 members (excludes halogenated alkanes) is 1. The monoisotopic (exact) mass is 200 g/mol. The fourth-order valence-electron chi connectivity index (χ4n) is 1.36. The van der Waals surface area contributed by atoms with E-state index in [9.17, 15) is 0 Å². The first kappa shape index (κ1) is 13.9. The van der Waals surface area contributed by atoms with Crippen LogP contribution in [0.2, 0.25) is 0 Å². The van der Waals surface area contributed by atoms with Crippen LogP contribution in [-0.4, -0.2) is 37.6 Å². The van der Waals surface area contributed by atoms with E-state index in [0.717, 1.165) is 19.0 Å². The highest BCUT2D eigenvalue weighted by Gasteiger charge is 2.07. The summed E-state index contributed by atoms with van der Waals surface area (Å²) in [7, 11) is 2.22. The molecule has 0 heterocycles. The first-order valence-electron chi connectivity index (χ1n) is 5.98. The van der Waals surface area contributed by atoms with Crippen LogP contribution in [0.25, 0.3) is 0 Å². The fraction of sp³-hybridized carbons (Fsp3) is 1.00. The fourth-order valence-corrected chi connectivity index (χ4v) is 1.36. The van der Waals surface area contributed by atoms with E-state index in [1.807, 2.05) is 0 Å². The van der Waals surface area contributed by atoms with Gasteiger partial charge in [-0.2, -0.15) is 0 Å². The second kappa shape index (κ2) is 8.25. The molecule has 0 fully saturated rings. The standard InChI is InChI=1S/C12H28N2/c1-6-7-8-14(5)12(4)10-13-9-11(2)3/h11-13H,6-10H2,1-5H3. The van der Waals surface area contributed by atoms with E-state index < -0.39 is 0 Å². The molecule has 0 aromatic rings. The molecule has 2 heteroatoms. The number of hydrogen-bond donors (Lipinski definition) is 1. The van der Waals surface area contributed by atoms with Crippen LogP contribution in [0.15, 0.2) is 0 Å². The van der Waals surface area contributed by atoms with E-state index in [2.05, 4.69) is 45.0 Å². The molecule has 0 aliphatic carbocycles. The second-order valence-electron chi connectivity index (χ2n) is 4.74. The first-order valence-corrected chi connectivity index (χ1v) is 5.98. The van der Waals surface area contributed by atoms with Crippen molar-refractivity contribution in [1.29, 1.82) is 0 Å². The topological polar surface area (TPSA) is 15.3 Å². The Hall–Kier alpha value is -0.0800. The summed E-state index contributed by atoms with van der Waals surface area (Å²) in [6.07, 6.45) is 2.60. The van der Waals surface area contributed by atoms with Crippen LogP contribution in [0, 0.1) is 5.92 Å². The molecule has 0 saturated carbocycles. The van der Waals surface area contributed by atoms with Crippen LogP contribution < -0.4 is 5.32 Å². The predicted octanol–water partition coefficient (Wildman–Crippen LogP) is 2.35. The van der Waals surface area contributed by atoms with Crippen LogP contribution in [0.4, 0.5) is 0 Å². The van der Waals surface area contributed by atoms with Crippen molar-refractivity contribution in [3.63, 3.8) is 0 Å². The van der Waals surface area contributed by atoms with E-state index in [-0.39, 0.29) is 0 Å². The van der Waals surface area contributed by atoms with Gasteiger partial charge in [0.25, 0.3) is 0 Å². The Kier molecular flexibility index (Phi) is 8.20. The zero-order valence-electron chi connectivity index (χ0n) is 10.6. The van der Waals surface area contributed by atoms with Gasteiger partial charge in [0.15, 0.2) is 0 Å². The summed E-state index contributed by atoms with van der Waals surface area (Å²) in [6, 6.07) is 0.653. The van der Waals surface area contributed by atoms with Gasteiger partial charge in [-0.1, -0.05) is 27.2 Å². The Labute approximate surface area is 90.1 Å². The van der Waals surface area contributed by atoms with Gasteiger partial charge < -0.3 is 10.2 Å². The van der Waals surface area contributed by atoms with E-state index in [0.29, 0.717) is 6.04 Å². The molecule has 14 heavy (non-hydrogen) atoms. The summed E-state index contributed by atoms with van der Waals surface area (Å²) >= 11 is 0. The van der Waals surface area contributed by atoms with Crippen LogP contribution in [-0.2, 0) is 0 Å². The van der Waals surface area contributed by atoms with Crippen molar-refractivity contribution in [2.45, 2.75) is 46.6 Å². The number of rotatable bonds is 8. The molecule has 1 atom stereocenters. The van der Waals surface area contributed by atoms with Crippen molar-refractivity contribution in [3.8, 4) is 0 Å². The first-order chi connectivity index (χ1) is 6.57. The molecule has 0 aliphatic heterocycles. The smallest absolute Gasteiger partial charge is 0.0189 e. The molecule has 1 unspecified atom stereocenters. The van der Waals surface area contributed by atoms with Crippen molar-refractivity contribution in [2.75, 3.05) is 26.7 Å². The maximum atomic E-state index is 3.50. The lowest BCUT2D eigenvalue weighted by atomic mass is 10.2. The SMILES string of the molecule is CCCCN(C)C(C)CNCC(C)C. The molecule has 0 rings (SSSR count). The van der Waals surface area contributed by atoms with Gasteiger partial charge in [-0.3, -0.25) is 0 Å². The number of nitrogens with one attached hydrogen (secondary N) is 1. The molecule has 0 spiro atoms. The molecular weight excluding hydrogens is 172 g/mol. The number of likely N-dealkylation sites (N-methyl/N-ethyl adjacent to an activating group) is 1. The summed E-state index contributed by atoms with van der Waals surface area (Å²) < 4.78 is 0. The molecule has 0 amide bonds. The van der Waals surface area contributed by atoms with Crippen molar-refractivity contribution in [1.82, 2.24) is 10.2 Å². The van der Waals surface area contributed by atoms with E-state index in [1.165, 1.54) is 19.4 Å². The number of nitrogens with zero attached hydrogens (tertiary/aromatic N) is 1. The minimum absolute atomic E-state index is 0.653. The minimum atomic E-state index is 0.653. The van der Waals surface area contributed by atoms with E-state index in [1.54, 1.807) is 0 Å². The molecule has 1 N–H and O–H groups in total. The summed E-state index contributed by atoms with van der Waals surface area (Å²) in [4.78, 5) is 2.44. The molecule has 0 aliphatic rings. The van der Waals surface area contributed by atoms with Crippen molar-refractivity contribution in [2.24, 2.45) is 5.92 Å². The van der Waals surface area contributed by atoms with Crippen molar-refractivity contribution >= 4 is 0 Å². The zero-order chi connectivity index (χ0) is 11.0. The van der Waals surface area contributed by atoms with Gasteiger partial charge in [-0.05, 0) is 39.4 Å². The van der Waals surface area contributed by atoms with Crippen LogP contribution in [0.1, 0.15) is 40.5 Å². The van der Waals surface area contributed by atoms with Crippen LogP contribution in [0.3, 0.4) is 0 Å². The highest BCUT2D eigenvalue weighted by atomic mass is 15.1. The highest BCUT2D eigenvalue weighted by Crippen LogP contribution is 1.98. The Morgan fingerprint density at radius 3 is 2.29 bits per heavy atom. The van der Waals surface area contributed by atoms with E-state index >= 15 is 0 Å². The Balaban J connectivity index is 3.46. The predicted molar refractivity (Wildman–Crippen MR) is 64.7 cm³/mol. The Morgan fingerprint density at radius 2 is 1.79 bits per heavy atom. The van der Waals surface area contributed by atoms with Crippen molar-refractivity contribution < 1.29 is 0 Å². The van der Waals surface area contributed by atoms with E-state index in [4.69, 9.17) is 0 Å². The molecule has 0 radical (unpaired) electrons. The molecule has 0 saturated heterocycles. The third kappa shape index (κ3) is 7.34. The average Bonchev–Trinajstić information content (AvgIpc) is 2.13. The van der Waals surface area contributed by atoms with Gasteiger partial charge >= 0.3 is 0 Å². The van der Waals surface area contributed by atoms with Crippen molar-refractivity contribution in [3.05, 3.63) is 0 Å². The van der Waals surface area contributed by atoms with Gasteiger partial charge in [0.1, 0.15) is 0 Å². The van der Waals surface area contributed by atoms with Gasteiger partial charge in [0.2, 0.25) is 0 Å². The molecule has 0 aromatic carbocycles. The average molecular weight is 200 g/mol. The minimum Gasteiger partial charge on any atom is -0.315 e. The quantitative estimate of drug-likeness (QED) is 0.647. The molecule has 86 valence electrons. The maximum Gasteiger partial charge on any atom is 0.0189 e. The lowest BCUT2D eigenvalue weighted by molar-refractivity contribution is 0.245. The van der Waals surface area contributed by atoms with Crippen LogP contribution in [0.5, 0.6) is 0 Å². The third-order valence-electron chi connectivity index (χ3n) is 2.61. The largest absolute Gasteiger partial charge is 0.315 e. The normalized spacial score (nSPS) is 13.9. The van der Waals surface area contributed by atoms with Gasteiger partial charge in [0.05, 0.1) is 0 Å². The molecule has 0 aromatic heterocycles.